The highest BCUT2D eigenvalue weighted by molar-refractivity contribution is 5.80. The number of hydrogen-bond acceptors (Lipinski definition) is 6. The Labute approximate surface area is 177 Å². The number of fused-ring (bicyclic) bond motifs is 1. The number of anilines is 3. The van der Waals surface area contributed by atoms with Gasteiger partial charge in [0.05, 0.1) is 17.4 Å². The van der Waals surface area contributed by atoms with E-state index in [0.717, 1.165) is 48.1 Å². The Morgan fingerprint density at radius 3 is 2.80 bits per heavy atom. The van der Waals surface area contributed by atoms with Gasteiger partial charge in [-0.05, 0) is 76.8 Å². The van der Waals surface area contributed by atoms with Gasteiger partial charge >= 0.3 is 0 Å². The van der Waals surface area contributed by atoms with Gasteiger partial charge in [-0.2, -0.15) is 4.98 Å². The van der Waals surface area contributed by atoms with Crippen LogP contribution in [0.5, 0.6) is 0 Å². The van der Waals surface area contributed by atoms with Crippen LogP contribution in [0.15, 0.2) is 36.8 Å². The Morgan fingerprint density at radius 2 is 1.97 bits per heavy atom. The van der Waals surface area contributed by atoms with E-state index >= 15 is 0 Å². The molecule has 2 aromatic heterocycles. The molecule has 2 N–H and O–H groups in total. The van der Waals surface area contributed by atoms with Gasteiger partial charge < -0.3 is 20.1 Å². The van der Waals surface area contributed by atoms with E-state index < -0.39 is 0 Å². The molecule has 1 aromatic carbocycles. The minimum absolute atomic E-state index is 0.347. The minimum atomic E-state index is 0.347. The van der Waals surface area contributed by atoms with Crippen molar-refractivity contribution in [1.82, 2.24) is 24.8 Å². The second kappa shape index (κ2) is 7.87. The average molecular weight is 406 g/mol. The number of hydrogen-bond donors (Lipinski definition) is 2. The Balaban J connectivity index is 1.34. The Morgan fingerprint density at radius 1 is 1.07 bits per heavy atom. The molecule has 7 heteroatoms. The molecule has 4 heterocycles. The second-order valence-corrected chi connectivity index (χ2v) is 8.97. The zero-order valence-corrected chi connectivity index (χ0v) is 17.9. The zero-order valence-electron chi connectivity index (χ0n) is 17.9. The molecule has 158 valence electrons. The van der Waals surface area contributed by atoms with E-state index in [1.807, 2.05) is 18.6 Å². The van der Waals surface area contributed by atoms with Crippen LogP contribution < -0.4 is 15.5 Å². The fraction of sp³-hybridized carbons (Fsp3) is 0.522. The van der Waals surface area contributed by atoms with E-state index in [1.54, 1.807) is 0 Å². The topological polar surface area (TPSA) is 70.9 Å². The first-order valence-corrected chi connectivity index (χ1v) is 11.2. The van der Waals surface area contributed by atoms with E-state index in [9.17, 15) is 0 Å². The van der Waals surface area contributed by atoms with Crippen molar-refractivity contribution in [2.45, 2.75) is 57.5 Å². The van der Waals surface area contributed by atoms with Crippen molar-refractivity contribution in [3.8, 4) is 0 Å². The Hall–Kier alpha value is -2.67. The van der Waals surface area contributed by atoms with Gasteiger partial charge in [-0.1, -0.05) is 0 Å². The van der Waals surface area contributed by atoms with Gasteiger partial charge in [0.1, 0.15) is 5.82 Å². The number of aromatic nitrogens is 4. The quantitative estimate of drug-likeness (QED) is 0.676. The summed E-state index contributed by atoms with van der Waals surface area (Å²) in [6, 6.07) is 8.57. The fourth-order valence-corrected chi connectivity index (χ4v) is 4.92. The van der Waals surface area contributed by atoms with Crippen LogP contribution in [0, 0.1) is 0 Å². The first kappa shape index (κ1) is 19.3. The summed E-state index contributed by atoms with van der Waals surface area (Å²) in [5.41, 5.74) is 3.50. The van der Waals surface area contributed by atoms with Crippen molar-refractivity contribution in [3.63, 3.8) is 0 Å². The molecule has 0 saturated carbocycles. The van der Waals surface area contributed by atoms with Gasteiger partial charge in [0.2, 0.25) is 5.95 Å². The summed E-state index contributed by atoms with van der Waals surface area (Å²) < 4.78 is 2.19. The van der Waals surface area contributed by atoms with Gasteiger partial charge in [0.25, 0.3) is 0 Å². The minimum Gasteiger partial charge on any atom is -0.341 e. The third-order valence-corrected chi connectivity index (χ3v) is 6.61. The molecule has 3 aromatic rings. The maximum absolute atomic E-state index is 4.83. The first-order valence-electron chi connectivity index (χ1n) is 11.2. The van der Waals surface area contributed by atoms with Gasteiger partial charge in [-0.3, -0.25) is 0 Å². The lowest BCUT2D eigenvalue weighted by Crippen LogP contribution is -2.40. The van der Waals surface area contributed by atoms with Crippen molar-refractivity contribution < 1.29 is 0 Å². The molecular formula is C23H31N7. The molecule has 0 radical (unpaired) electrons. The summed E-state index contributed by atoms with van der Waals surface area (Å²) in [6.45, 7) is 7.53. The fourth-order valence-electron chi connectivity index (χ4n) is 4.92. The smallest absolute Gasteiger partial charge is 0.227 e. The third kappa shape index (κ3) is 3.74. The van der Waals surface area contributed by atoms with E-state index in [2.05, 4.69) is 62.1 Å². The van der Waals surface area contributed by atoms with Crippen LogP contribution in [0.2, 0.25) is 0 Å². The highest BCUT2D eigenvalue weighted by atomic mass is 15.3. The maximum atomic E-state index is 4.83. The van der Waals surface area contributed by atoms with Crippen LogP contribution in [0.3, 0.4) is 0 Å². The molecule has 0 aliphatic carbocycles. The predicted molar refractivity (Wildman–Crippen MR) is 121 cm³/mol. The lowest BCUT2D eigenvalue weighted by Gasteiger charge is -2.28. The Kier molecular flexibility index (Phi) is 5.06. The van der Waals surface area contributed by atoms with Crippen molar-refractivity contribution in [3.05, 3.63) is 36.8 Å². The molecule has 2 aliphatic heterocycles. The molecule has 0 amide bonds. The molecule has 7 nitrogen and oxygen atoms in total. The van der Waals surface area contributed by atoms with E-state index in [0.29, 0.717) is 11.6 Å². The van der Waals surface area contributed by atoms with E-state index in [1.165, 1.54) is 32.1 Å². The number of rotatable bonds is 4. The highest BCUT2D eigenvalue weighted by Crippen LogP contribution is 2.32. The van der Waals surface area contributed by atoms with Crippen LogP contribution in [-0.2, 0) is 0 Å². The van der Waals surface area contributed by atoms with Crippen LogP contribution in [0.25, 0.3) is 11.0 Å². The van der Waals surface area contributed by atoms with Crippen LogP contribution >= 0.6 is 0 Å². The van der Waals surface area contributed by atoms with Crippen LogP contribution in [0.1, 0.15) is 52.0 Å². The van der Waals surface area contributed by atoms with E-state index in [-0.39, 0.29) is 0 Å². The van der Waals surface area contributed by atoms with Gasteiger partial charge in [-0.15, -0.1) is 0 Å². The highest BCUT2D eigenvalue weighted by Gasteiger charge is 2.35. The third-order valence-electron chi connectivity index (χ3n) is 6.61. The molecule has 1 unspecified atom stereocenters. The van der Waals surface area contributed by atoms with Crippen molar-refractivity contribution in [2.24, 2.45) is 0 Å². The summed E-state index contributed by atoms with van der Waals surface area (Å²) in [7, 11) is 0. The van der Waals surface area contributed by atoms with Gasteiger partial charge in [0.15, 0.2) is 0 Å². The van der Waals surface area contributed by atoms with Crippen molar-refractivity contribution in [2.75, 3.05) is 29.9 Å². The monoisotopic (exact) mass is 405 g/mol. The molecule has 2 aliphatic rings. The molecular weight excluding hydrogens is 374 g/mol. The molecule has 0 bridgehead atoms. The SMILES string of the molecule is CC(C)n1cnc2ccc(Nc3ccnc(N4CCCC5(CCCN5)CC4)n3)cc21. The molecule has 2 fully saturated rings. The summed E-state index contributed by atoms with van der Waals surface area (Å²) >= 11 is 0. The molecule has 30 heavy (non-hydrogen) atoms. The number of nitrogens with zero attached hydrogens (tertiary/aromatic N) is 5. The van der Waals surface area contributed by atoms with Crippen molar-refractivity contribution in [1.29, 1.82) is 0 Å². The summed E-state index contributed by atoms with van der Waals surface area (Å²) in [4.78, 5) is 16.3. The maximum Gasteiger partial charge on any atom is 0.227 e. The predicted octanol–water partition coefficient (Wildman–Crippen LogP) is 4.26. The molecule has 1 spiro atoms. The largest absolute Gasteiger partial charge is 0.341 e. The van der Waals surface area contributed by atoms with Gasteiger partial charge in [-0.25, -0.2) is 9.97 Å². The van der Waals surface area contributed by atoms with E-state index in [4.69, 9.17) is 4.98 Å². The normalized spacial score (nSPS) is 22.2. The first-order chi connectivity index (χ1) is 14.6. The lowest BCUT2D eigenvalue weighted by atomic mass is 9.89. The summed E-state index contributed by atoms with van der Waals surface area (Å²) in [6.07, 6.45) is 9.98. The summed E-state index contributed by atoms with van der Waals surface area (Å²) in [5, 5.41) is 7.23. The second-order valence-electron chi connectivity index (χ2n) is 8.97. The number of benzene rings is 1. The standard InChI is InChI=1S/C23H31N7/c1-17(2)30-16-25-19-6-5-18(15-20(19)30)27-21-7-12-24-22(28-21)29-13-4-9-23(10-14-29)8-3-11-26-23/h5-7,12,15-17,26H,3-4,8-11,13-14H2,1-2H3,(H,24,27,28). The molecule has 5 rings (SSSR count). The number of nitrogens with one attached hydrogen (secondary N) is 2. The molecule has 1 atom stereocenters. The lowest BCUT2D eigenvalue weighted by molar-refractivity contribution is 0.338. The Bertz CT molecular complexity index is 1020. The number of imidazole rings is 1. The average Bonchev–Trinajstić information content (AvgIpc) is 3.32. The van der Waals surface area contributed by atoms with Crippen LogP contribution in [0.4, 0.5) is 17.5 Å². The molecule has 2 saturated heterocycles. The van der Waals surface area contributed by atoms with Crippen molar-refractivity contribution >= 4 is 28.5 Å². The van der Waals surface area contributed by atoms with Crippen LogP contribution in [-0.4, -0.2) is 44.7 Å². The zero-order chi connectivity index (χ0) is 20.6. The summed E-state index contributed by atoms with van der Waals surface area (Å²) in [5.74, 6) is 1.65. The van der Waals surface area contributed by atoms with Gasteiger partial charge in [0, 0.05) is 36.6 Å².